The molecule has 5 nitrogen and oxygen atoms in total. The lowest BCUT2D eigenvalue weighted by molar-refractivity contribution is -0.120. The second-order valence-electron chi connectivity index (χ2n) is 6.19. The largest absolute Gasteiger partial charge is 0.354 e. The number of rotatable bonds is 6. The first-order valence-electron chi connectivity index (χ1n) is 8.56. The number of aromatic nitrogens is 2. The van der Waals surface area contributed by atoms with Crippen molar-refractivity contribution >= 4 is 5.91 Å². The predicted octanol–water partition coefficient (Wildman–Crippen LogP) is 2.58. The van der Waals surface area contributed by atoms with Crippen LogP contribution in [0.5, 0.6) is 0 Å². The van der Waals surface area contributed by atoms with Gasteiger partial charge in [0.2, 0.25) is 5.91 Å². The highest BCUT2D eigenvalue weighted by Gasteiger charge is 2.05. The zero-order valence-electron chi connectivity index (χ0n) is 14.7. The summed E-state index contributed by atoms with van der Waals surface area (Å²) in [6, 6.07) is 19.0. The summed E-state index contributed by atoms with van der Waals surface area (Å²) in [5, 5.41) is 2.85. The summed E-state index contributed by atoms with van der Waals surface area (Å²) < 4.78 is 1.50. The topological polar surface area (TPSA) is 64.0 Å². The molecule has 1 heterocycles. The molecule has 5 heteroatoms. The molecule has 0 atom stereocenters. The van der Waals surface area contributed by atoms with Gasteiger partial charge in [-0.15, -0.1) is 0 Å². The Kier molecular flexibility index (Phi) is 5.59. The van der Waals surface area contributed by atoms with Crippen LogP contribution in [-0.2, 0) is 17.8 Å². The van der Waals surface area contributed by atoms with E-state index < -0.39 is 0 Å². The molecule has 0 aliphatic rings. The first-order valence-corrected chi connectivity index (χ1v) is 8.56. The molecule has 0 unspecified atom stereocenters. The van der Waals surface area contributed by atoms with E-state index in [9.17, 15) is 9.59 Å². The van der Waals surface area contributed by atoms with Crippen molar-refractivity contribution in [2.75, 3.05) is 6.54 Å². The molecule has 26 heavy (non-hydrogen) atoms. The zero-order valence-corrected chi connectivity index (χ0v) is 14.7. The lowest BCUT2D eigenvalue weighted by Crippen LogP contribution is -2.31. The number of hydrogen-bond donors (Lipinski definition) is 1. The molecule has 1 amide bonds. The molecule has 3 rings (SSSR count). The van der Waals surface area contributed by atoms with Gasteiger partial charge in [-0.25, -0.2) is 4.98 Å². The minimum Gasteiger partial charge on any atom is -0.354 e. The van der Waals surface area contributed by atoms with E-state index in [-0.39, 0.29) is 11.5 Å². The van der Waals surface area contributed by atoms with Crippen molar-refractivity contribution in [1.82, 2.24) is 14.9 Å². The fourth-order valence-corrected chi connectivity index (χ4v) is 2.75. The first-order chi connectivity index (χ1) is 12.6. The maximum atomic E-state index is 12.2. The van der Waals surface area contributed by atoms with Gasteiger partial charge in [0.15, 0.2) is 0 Å². The van der Waals surface area contributed by atoms with E-state index in [4.69, 9.17) is 0 Å². The molecule has 1 aromatic heterocycles. The fourth-order valence-electron chi connectivity index (χ4n) is 2.75. The summed E-state index contributed by atoms with van der Waals surface area (Å²) in [4.78, 5) is 28.6. The van der Waals surface area contributed by atoms with Gasteiger partial charge in [-0.05, 0) is 12.5 Å². The van der Waals surface area contributed by atoms with Crippen molar-refractivity contribution in [3.8, 4) is 11.3 Å². The lowest BCUT2D eigenvalue weighted by atomic mass is 10.1. The van der Waals surface area contributed by atoms with E-state index in [1.54, 1.807) is 0 Å². The van der Waals surface area contributed by atoms with Crippen LogP contribution in [0.3, 0.4) is 0 Å². The van der Waals surface area contributed by atoms with Crippen LogP contribution < -0.4 is 10.9 Å². The number of aryl methyl sites for hydroxylation is 1. The standard InChI is InChI=1S/C21H21N3O2/c1-16-6-5-7-17(12-16)13-20(25)22-10-11-24-15-23-19(14-21(24)26)18-8-3-2-4-9-18/h2-9,12,14-15H,10-11,13H2,1H3,(H,22,25). The van der Waals surface area contributed by atoms with Crippen molar-refractivity contribution in [1.29, 1.82) is 0 Å². The van der Waals surface area contributed by atoms with Crippen molar-refractivity contribution < 1.29 is 4.79 Å². The molecular weight excluding hydrogens is 326 g/mol. The van der Waals surface area contributed by atoms with Crippen LogP contribution >= 0.6 is 0 Å². The number of carbonyl (C=O) groups excluding carboxylic acids is 1. The second kappa shape index (κ2) is 8.25. The Balaban J connectivity index is 1.55. The van der Waals surface area contributed by atoms with E-state index in [2.05, 4.69) is 10.3 Å². The molecule has 0 saturated carbocycles. The van der Waals surface area contributed by atoms with Gasteiger partial charge < -0.3 is 5.32 Å². The molecule has 2 aromatic carbocycles. The van der Waals surface area contributed by atoms with Crippen molar-refractivity contribution in [2.24, 2.45) is 0 Å². The maximum absolute atomic E-state index is 12.2. The normalized spacial score (nSPS) is 10.5. The number of nitrogens with one attached hydrogen (secondary N) is 1. The van der Waals surface area contributed by atoms with Gasteiger partial charge >= 0.3 is 0 Å². The van der Waals surface area contributed by atoms with Gasteiger partial charge in [0, 0.05) is 24.7 Å². The van der Waals surface area contributed by atoms with E-state index in [1.165, 1.54) is 17.0 Å². The number of carbonyl (C=O) groups is 1. The third kappa shape index (κ3) is 4.66. The molecule has 3 aromatic rings. The Morgan fingerprint density at radius 1 is 1.08 bits per heavy atom. The zero-order chi connectivity index (χ0) is 18.4. The monoisotopic (exact) mass is 347 g/mol. The maximum Gasteiger partial charge on any atom is 0.253 e. The van der Waals surface area contributed by atoms with E-state index in [1.807, 2.05) is 61.5 Å². The Hall–Kier alpha value is -3.21. The van der Waals surface area contributed by atoms with Gasteiger partial charge in [0.25, 0.3) is 5.56 Å². The highest BCUT2D eigenvalue weighted by Crippen LogP contribution is 2.13. The van der Waals surface area contributed by atoms with E-state index in [0.29, 0.717) is 25.2 Å². The predicted molar refractivity (Wildman–Crippen MR) is 102 cm³/mol. The quantitative estimate of drug-likeness (QED) is 0.745. The molecule has 0 bridgehead atoms. The Morgan fingerprint density at radius 3 is 2.62 bits per heavy atom. The summed E-state index contributed by atoms with van der Waals surface area (Å²) in [6.07, 6.45) is 1.86. The number of nitrogens with zero attached hydrogens (tertiary/aromatic N) is 2. The van der Waals surface area contributed by atoms with Crippen molar-refractivity contribution in [3.05, 3.63) is 88.5 Å². The van der Waals surface area contributed by atoms with Crippen LogP contribution in [0.4, 0.5) is 0 Å². The Bertz CT molecular complexity index is 949. The van der Waals surface area contributed by atoms with Gasteiger partial charge in [-0.1, -0.05) is 60.2 Å². The van der Waals surface area contributed by atoms with Gasteiger partial charge in [-0.2, -0.15) is 0 Å². The van der Waals surface area contributed by atoms with Crippen LogP contribution in [0.2, 0.25) is 0 Å². The SMILES string of the molecule is Cc1cccc(CC(=O)NCCn2cnc(-c3ccccc3)cc2=O)c1. The molecule has 1 N–H and O–H groups in total. The molecule has 0 radical (unpaired) electrons. The third-order valence-electron chi connectivity index (χ3n) is 4.07. The average Bonchev–Trinajstić information content (AvgIpc) is 2.64. The molecule has 132 valence electrons. The molecule has 0 saturated heterocycles. The van der Waals surface area contributed by atoms with Gasteiger partial charge in [0.1, 0.15) is 0 Å². The summed E-state index contributed by atoms with van der Waals surface area (Å²) in [7, 11) is 0. The minimum absolute atomic E-state index is 0.0579. The van der Waals surface area contributed by atoms with Crippen LogP contribution in [-0.4, -0.2) is 22.0 Å². The van der Waals surface area contributed by atoms with E-state index >= 15 is 0 Å². The molecule has 0 aliphatic heterocycles. The van der Waals surface area contributed by atoms with Crippen LogP contribution in [0, 0.1) is 6.92 Å². The summed E-state index contributed by atoms with van der Waals surface area (Å²) in [5.74, 6) is -0.0579. The highest BCUT2D eigenvalue weighted by atomic mass is 16.1. The molecule has 0 spiro atoms. The molecule has 0 fully saturated rings. The average molecular weight is 347 g/mol. The lowest BCUT2D eigenvalue weighted by Gasteiger charge is -2.08. The smallest absolute Gasteiger partial charge is 0.253 e. The second-order valence-corrected chi connectivity index (χ2v) is 6.19. The highest BCUT2D eigenvalue weighted by molar-refractivity contribution is 5.78. The molecular formula is C21H21N3O2. The van der Waals surface area contributed by atoms with Gasteiger partial charge in [-0.3, -0.25) is 14.2 Å². The Labute approximate surface area is 152 Å². The summed E-state index contributed by atoms with van der Waals surface area (Å²) >= 11 is 0. The van der Waals surface area contributed by atoms with Crippen LogP contribution in [0.25, 0.3) is 11.3 Å². The fraction of sp³-hybridized carbons (Fsp3) is 0.190. The van der Waals surface area contributed by atoms with Crippen LogP contribution in [0.1, 0.15) is 11.1 Å². The molecule has 0 aliphatic carbocycles. The summed E-state index contributed by atoms with van der Waals surface area (Å²) in [6.45, 7) is 2.78. The van der Waals surface area contributed by atoms with Crippen molar-refractivity contribution in [2.45, 2.75) is 19.9 Å². The Morgan fingerprint density at radius 2 is 1.88 bits per heavy atom. The number of hydrogen-bond acceptors (Lipinski definition) is 3. The van der Waals surface area contributed by atoms with Crippen LogP contribution in [0.15, 0.2) is 71.8 Å². The first kappa shape index (κ1) is 17.6. The third-order valence-corrected chi connectivity index (χ3v) is 4.07. The minimum atomic E-state index is -0.133. The van der Waals surface area contributed by atoms with Gasteiger partial charge in [0.05, 0.1) is 18.4 Å². The number of benzene rings is 2. The van der Waals surface area contributed by atoms with Crippen molar-refractivity contribution in [3.63, 3.8) is 0 Å². The summed E-state index contributed by atoms with van der Waals surface area (Å²) in [5.41, 5.74) is 3.53. The number of amides is 1. The van der Waals surface area contributed by atoms with E-state index in [0.717, 1.165) is 16.7 Å².